The lowest BCUT2D eigenvalue weighted by atomic mass is 10.1. The number of hydrogen-bond donors (Lipinski definition) is 1. The normalized spacial score (nSPS) is 10.7. The Balaban J connectivity index is 1.80. The number of carbonyl (C=O) groups excluding carboxylic acids is 1. The molecular formula is C15H16N2O3. The van der Waals surface area contributed by atoms with Gasteiger partial charge in [0.25, 0.3) is 5.91 Å². The minimum atomic E-state index is -0.321. The van der Waals surface area contributed by atoms with E-state index in [4.69, 9.17) is 9.15 Å². The molecule has 0 spiro atoms. The van der Waals surface area contributed by atoms with Crippen molar-refractivity contribution in [1.82, 2.24) is 5.43 Å². The topological polar surface area (TPSA) is 63.8 Å². The van der Waals surface area contributed by atoms with Gasteiger partial charge in [0.15, 0.2) is 6.61 Å². The first-order valence-electron chi connectivity index (χ1n) is 6.35. The number of para-hydroxylation sites is 1. The summed E-state index contributed by atoms with van der Waals surface area (Å²) < 4.78 is 10.5. The molecule has 0 aliphatic heterocycles. The molecule has 1 aromatic heterocycles. The lowest BCUT2D eigenvalue weighted by Crippen LogP contribution is -2.24. The summed E-state index contributed by atoms with van der Waals surface area (Å²) in [6.07, 6.45) is 3.82. The van der Waals surface area contributed by atoms with Crippen LogP contribution in [0.5, 0.6) is 5.75 Å². The standard InChI is InChI=1S/C15H16N2O3/c1-2-12-6-3-4-8-14(12)20-11-15(18)17-16-10-13-7-5-9-19-13/h3-10H,2,11H2,1H3,(H,17,18). The van der Waals surface area contributed by atoms with Gasteiger partial charge in [-0.2, -0.15) is 5.10 Å². The molecule has 5 nitrogen and oxygen atoms in total. The molecule has 0 aliphatic carbocycles. The maximum absolute atomic E-state index is 11.6. The van der Waals surface area contributed by atoms with E-state index < -0.39 is 0 Å². The van der Waals surface area contributed by atoms with Gasteiger partial charge in [0.1, 0.15) is 11.5 Å². The summed E-state index contributed by atoms with van der Waals surface area (Å²) in [6.45, 7) is 1.96. The van der Waals surface area contributed by atoms with Crippen molar-refractivity contribution < 1.29 is 13.9 Å². The summed E-state index contributed by atoms with van der Waals surface area (Å²) in [4.78, 5) is 11.6. The number of ether oxygens (including phenoxy) is 1. The summed E-state index contributed by atoms with van der Waals surface area (Å²) in [5, 5.41) is 3.77. The van der Waals surface area contributed by atoms with Crippen LogP contribution < -0.4 is 10.2 Å². The van der Waals surface area contributed by atoms with Gasteiger partial charge in [-0.25, -0.2) is 5.43 Å². The SMILES string of the molecule is CCc1ccccc1OCC(=O)NN=Cc1ccco1. The Bertz CT molecular complexity index is 577. The first kappa shape index (κ1) is 13.9. The quantitative estimate of drug-likeness (QED) is 0.648. The largest absolute Gasteiger partial charge is 0.483 e. The van der Waals surface area contributed by atoms with Crippen molar-refractivity contribution in [2.24, 2.45) is 5.10 Å². The van der Waals surface area contributed by atoms with Crippen molar-refractivity contribution in [2.45, 2.75) is 13.3 Å². The molecule has 2 rings (SSSR count). The van der Waals surface area contributed by atoms with E-state index in [2.05, 4.69) is 10.5 Å². The van der Waals surface area contributed by atoms with Crippen molar-refractivity contribution in [3.63, 3.8) is 0 Å². The van der Waals surface area contributed by atoms with E-state index in [1.165, 1.54) is 12.5 Å². The average Bonchev–Trinajstić information content (AvgIpc) is 2.98. The molecule has 1 N–H and O–H groups in total. The van der Waals surface area contributed by atoms with E-state index in [0.29, 0.717) is 5.76 Å². The Morgan fingerprint density at radius 2 is 2.20 bits per heavy atom. The van der Waals surface area contributed by atoms with Gasteiger partial charge < -0.3 is 9.15 Å². The van der Waals surface area contributed by atoms with E-state index in [1.807, 2.05) is 31.2 Å². The van der Waals surface area contributed by atoms with Gasteiger partial charge in [0, 0.05) is 0 Å². The monoisotopic (exact) mass is 272 g/mol. The van der Waals surface area contributed by atoms with Gasteiger partial charge in [-0.05, 0) is 30.2 Å². The lowest BCUT2D eigenvalue weighted by molar-refractivity contribution is -0.123. The molecule has 2 aromatic rings. The first-order valence-corrected chi connectivity index (χ1v) is 6.35. The molecule has 5 heteroatoms. The number of nitrogens with zero attached hydrogens (tertiary/aromatic N) is 1. The van der Waals surface area contributed by atoms with Gasteiger partial charge in [-0.3, -0.25) is 4.79 Å². The Hall–Kier alpha value is -2.56. The smallest absolute Gasteiger partial charge is 0.277 e. The maximum Gasteiger partial charge on any atom is 0.277 e. The van der Waals surface area contributed by atoms with Crippen LogP contribution in [0.1, 0.15) is 18.2 Å². The predicted octanol–water partition coefficient (Wildman–Crippen LogP) is 2.37. The molecule has 0 saturated carbocycles. The van der Waals surface area contributed by atoms with Crippen molar-refractivity contribution in [2.75, 3.05) is 6.61 Å². The van der Waals surface area contributed by atoms with Gasteiger partial charge in [0.2, 0.25) is 0 Å². The van der Waals surface area contributed by atoms with Gasteiger partial charge in [0.05, 0.1) is 12.5 Å². The summed E-state index contributed by atoms with van der Waals surface area (Å²) >= 11 is 0. The van der Waals surface area contributed by atoms with Crippen LogP contribution in [0.2, 0.25) is 0 Å². The van der Waals surface area contributed by atoms with E-state index in [0.717, 1.165) is 17.7 Å². The zero-order valence-corrected chi connectivity index (χ0v) is 11.2. The third kappa shape index (κ3) is 3.98. The fourth-order valence-electron chi connectivity index (χ4n) is 1.64. The zero-order valence-electron chi connectivity index (χ0n) is 11.2. The summed E-state index contributed by atoms with van der Waals surface area (Å²) in [6, 6.07) is 11.1. The molecule has 0 fully saturated rings. The molecule has 0 radical (unpaired) electrons. The third-order valence-corrected chi connectivity index (χ3v) is 2.64. The number of nitrogens with one attached hydrogen (secondary N) is 1. The first-order chi connectivity index (χ1) is 9.79. The molecule has 0 bridgehead atoms. The fourth-order valence-corrected chi connectivity index (χ4v) is 1.64. The molecule has 20 heavy (non-hydrogen) atoms. The Kier molecular flexibility index (Phi) is 4.94. The highest BCUT2D eigenvalue weighted by Gasteiger charge is 2.04. The number of aryl methyl sites for hydroxylation is 1. The van der Waals surface area contributed by atoms with Crippen LogP contribution in [-0.2, 0) is 11.2 Å². The number of rotatable bonds is 6. The molecular weight excluding hydrogens is 256 g/mol. The molecule has 1 heterocycles. The van der Waals surface area contributed by atoms with E-state index >= 15 is 0 Å². The number of hydrogen-bond acceptors (Lipinski definition) is 4. The Labute approximate surface area is 117 Å². The lowest BCUT2D eigenvalue weighted by Gasteiger charge is -2.08. The molecule has 0 atom stereocenters. The van der Waals surface area contributed by atoms with E-state index in [9.17, 15) is 4.79 Å². The van der Waals surface area contributed by atoms with Crippen LogP contribution in [0.4, 0.5) is 0 Å². The molecule has 1 amide bonds. The number of furan rings is 1. The zero-order chi connectivity index (χ0) is 14.2. The van der Waals surface area contributed by atoms with Crippen molar-refractivity contribution in [3.05, 3.63) is 54.0 Å². The Morgan fingerprint density at radius 3 is 2.95 bits per heavy atom. The number of benzene rings is 1. The van der Waals surface area contributed by atoms with Gasteiger partial charge in [-0.15, -0.1) is 0 Å². The number of hydrazone groups is 1. The third-order valence-electron chi connectivity index (χ3n) is 2.64. The second-order valence-corrected chi connectivity index (χ2v) is 4.06. The minimum absolute atomic E-state index is 0.0769. The van der Waals surface area contributed by atoms with Crippen molar-refractivity contribution >= 4 is 12.1 Å². The average molecular weight is 272 g/mol. The van der Waals surface area contributed by atoms with Crippen molar-refractivity contribution in [1.29, 1.82) is 0 Å². The highest BCUT2D eigenvalue weighted by molar-refractivity contribution is 5.81. The van der Waals surface area contributed by atoms with Gasteiger partial charge >= 0.3 is 0 Å². The Morgan fingerprint density at radius 1 is 1.35 bits per heavy atom. The number of amides is 1. The molecule has 0 aliphatic rings. The van der Waals surface area contributed by atoms with Gasteiger partial charge in [-0.1, -0.05) is 25.1 Å². The van der Waals surface area contributed by atoms with Crippen LogP contribution in [0, 0.1) is 0 Å². The summed E-state index contributed by atoms with van der Waals surface area (Å²) in [5.74, 6) is 0.974. The minimum Gasteiger partial charge on any atom is -0.483 e. The second-order valence-electron chi connectivity index (χ2n) is 4.06. The number of carbonyl (C=O) groups is 1. The fraction of sp³-hybridized carbons (Fsp3) is 0.200. The van der Waals surface area contributed by atoms with E-state index in [1.54, 1.807) is 12.1 Å². The molecule has 104 valence electrons. The maximum atomic E-state index is 11.6. The van der Waals surface area contributed by atoms with Crippen LogP contribution in [0.15, 0.2) is 52.2 Å². The van der Waals surface area contributed by atoms with Crippen LogP contribution in [-0.4, -0.2) is 18.7 Å². The second kappa shape index (κ2) is 7.13. The van der Waals surface area contributed by atoms with Crippen LogP contribution >= 0.6 is 0 Å². The summed E-state index contributed by atoms with van der Waals surface area (Å²) in [7, 11) is 0. The van der Waals surface area contributed by atoms with Crippen LogP contribution in [0.3, 0.4) is 0 Å². The van der Waals surface area contributed by atoms with Crippen LogP contribution in [0.25, 0.3) is 0 Å². The molecule has 0 saturated heterocycles. The highest BCUT2D eigenvalue weighted by atomic mass is 16.5. The molecule has 1 aromatic carbocycles. The molecule has 0 unspecified atom stereocenters. The van der Waals surface area contributed by atoms with E-state index in [-0.39, 0.29) is 12.5 Å². The predicted molar refractivity (Wildman–Crippen MR) is 75.8 cm³/mol. The summed E-state index contributed by atoms with van der Waals surface area (Å²) in [5.41, 5.74) is 3.44. The van der Waals surface area contributed by atoms with Crippen molar-refractivity contribution in [3.8, 4) is 5.75 Å². The highest BCUT2D eigenvalue weighted by Crippen LogP contribution is 2.17.